The minimum atomic E-state index is -3.41. The molecule has 0 aliphatic carbocycles. The highest BCUT2D eigenvalue weighted by Gasteiger charge is 2.42. The van der Waals surface area contributed by atoms with Crippen molar-refractivity contribution in [3.05, 3.63) is 101 Å². The Morgan fingerprint density at radius 1 is 1.00 bits per heavy atom. The molecule has 1 aliphatic rings. The van der Waals surface area contributed by atoms with E-state index in [4.69, 9.17) is 12.2 Å². The third-order valence-electron chi connectivity index (χ3n) is 6.78. The van der Waals surface area contributed by atoms with E-state index in [9.17, 15) is 13.5 Å². The molecular formula is C28H29N5O3S2. The van der Waals surface area contributed by atoms with Gasteiger partial charge in [-0.05, 0) is 105 Å². The lowest BCUT2D eigenvalue weighted by atomic mass is 9.96. The average molecular weight is 548 g/mol. The number of phenols is 1. The van der Waals surface area contributed by atoms with Crippen molar-refractivity contribution in [1.29, 1.82) is 0 Å². The summed E-state index contributed by atoms with van der Waals surface area (Å²) in [6.45, 7) is 6.00. The predicted molar refractivity (Wildman–Crippen MR) is 154 cm³/mol. The Kier molecular flexibility index (Phi) is 6.62. The fourth-order valence-electron chi connectivity index (χ4n) is 5.15. The van der Waals surface area contributed by atoms with E-state index in [0.717, 1.165) is 45.8 Å². The zero-order chi connectivity index (χ0) is 27.2. The second-order valence-electron chi connectivity index (χ2n) is 9.55. The smallest absolute Gasteiger partial charge is 0.229 e. The molecule has 2 unspecified atom stereocenters. The van der Waals surface area contributed by atoms with E-state index in [1.807, 2.05) is 49.4 Å². The van der Waals surface area contributed by atoms with Gasteiger partial charge in [-0.15, -0.1) is 0 Å². The Bertz CT molecular complexity index is 1620. The van der Waals surface area contributed by atoms with E-state index in [1.165, 1.54) is 0 Å². The zero-order valence-electron chi connectivity index (χ0n) is 21.5. The molecule has 3 N–H and O–H groups in total. The van der Waals surface area contributed by atoms with Crippen molar-refractivity contribution < 1.29 is 13.5 Å². The van der Waals surface area contributed by atoms with Gasteiger partial charge >= 0.3 is 0 Å². The number of rotatable bonds is 6. The second-order valence-corrected chi connectivity index (χ2v) is 11.7. The lowest BCUT2D eigenvalue weighted by Gasteiger charge is -2.29. The summed E-state index contributed by atoms with van der Waals surface area (Å²) in [7, 11) is -3.41. The van der Waals surface area contributed by atoms with Gasteiger partial charge in [0.1, 0.15) is 5.75 Å². The van der Waals surface area contributed by atoms with E-state index < -0.39 is 10.0 Å². The SMILES string of the molecule is Cc1cc(N2C(=S)NC(c3ccccn3)C2c2cc(C)n(-c3ccc(O)cc3)c2C)ccc1NS(C)(=O)=O. The Morgan fingerprint density at radius 2 is 1.71 bits per heavy atom. The van der Waals surface area contributed by atoms with Gasteiger partial charge in [-0.2, -0.15) is 0 Å². The molecule has 2 atom stereocenters. The first-order valence-electron chi connectivity index (χ1n) is 12.1. The van der Waals surface area contributed by atoms with Crippen LogP contribution in [0.5, 0.6) is 5.75 Å². The number of pyridine rings is 1. The number of aromatic hydroxyl groups is 1. The number of thiocarbonyl (C=S) groups is 1. The number of aromatic nitrogens is 2. The minimum Gasteiger partial charge on any atom is -0.508 e. The van der Waals surface area contributed by atoms with Gasteiger partial charge in [-0.1, -0.05) is 6.07 Å². The Balaban J connectivity index is 1.65. The summed E-state index contributed by atoms with van der Waals surface area (Å²) < 4.78 is 28.4. The minimum absolute atomic E-state index is 0.215. The van der Waals surface area contributed by atoms with Crippen molar-refractivity contribution in [2.75, 3.05) is 15.9 Å². The molecule has 2 aromatic heterocycles. The molecule has 2 aromatic carbocycles. The van der Waals surface area contributed by atoms with Gasteiger partial charge in [0.15, 0.2) is 5.11 Å². The molecule has 8 nitrogen and oxygen atoms in total. The first-order chi connectivity index (χ1) is 18.0. The van der Waals surface area contributed by atoms with Gasteiger partial charge in [-0.3, -0.25) is 9.71 Å². The molecule has 5 rings (SSSR count). The van der Waals surface area contributed by atoms with Gasteiger partial charge in [-0.25, -0.2) is 8.42 Å². The van der Waals surface area contributed by atoms with Crippen molar-refractivity contribution in [2.24, 2.45) is 0 Å². The molecule has 0 saturated carbocycles. The molecule has 1 aliphatic heterocycles. The lowest BCUT2D eigenvalue weighted by Crippen LogP contribution is -2.29. The number of hydrogen-bond acceptors (Lipinski definition) is 5. The Morgan fingerprint density at radius 3 is 2.34 bits per heavy atom. The number of hydrogen-bond donors (Lipinski definition) is 3. The highest BCUT2D eigenvalue weighted by Crippen LogP contribution is 2.44. The van der Waals surface area contributed by atoms with Crippen molar-refractivity contribution in [3.63, 3.8) is 0 Å². The van der Waals surface area contributed by atoms with Gasteiger partial charge in [0.25, 0.3) is 0 Å². The number of anilines is 2. The van der Waals surface area contributed by atoms with E-state index >= 15 is 0 Å². The van der Waals surface area contributed by atoms with Crippen LogP contribution in [0, 0.1) is 20.8 Å². The molecule has 0 spiro atoms. The lowest BCUT2D eigenvalue weighted by molar-refractivity contribution is 0.475. The Hall–Kier alpha value is -3.89. The van der Waals surface area contributed by atoms with Crippen LogP contribution < -0.4 is 14.9 Å². The van der Waals surface area contributed by atoms with Crippen molar-refractivity contribution in [3.8, 4) is 11.4 Å². The number of sulfonamides is 1. The van der Waals surface area contributed by atoms with Crippen LogP contribution in [0.15, 0.2) is 72.9 Å². The summed E-state index contributed by atoms with van der Waals surface area (Å²) in [4.78, 5) is 6.72. The van der Waals surface area contributed by atoms with Crippen molar-refractivity contribution in [1.82, 2.24) is 14.9 Å². The van der Waals surface area contributed by atoms with Crippen LogP contribution in [-0.2, 0) is 10.0 Å². The molecule has 4 aromatic rings. The number of nitrogens with one attached hydrogen (secondary N) is 2. The zero-order valence-corrected chi connectivity index (χ0v) is 23.1. The standard InChI is InChI=1S/C28H29N5O3S2/c1-17-15-21(10-13-24(17)31-38(4,35)36)33-27(26(30-28(33)37)25-7-5-6-14-29-25)23-16-18(2)32(19(23)3)20-8-11-22(34)12-9-20/h5-16,26-27,31,34H,1-4H3,(H,30,37). The number of phenolic OH excluding ortho intramolecular Hbond substituents is 1. The molecular weight excluding hydrogens is 518 g/mol. The summed E-state index contributed by atoms with van der Waals surface area (Å²) in [6.07, 6.45) is 2.91. The van der Waals surface area contributed by atoms with Crippen LogP contribution in [0.4, 0.5) is 11.4 Å². The van der Waals surface area contributed by atoms with Crippen LogP contribution in [0.3, 0.4) is 0 Å². The molecule has 0 amide bonds. The highest BCUT2D eigenvalue weighted by molar-refractivity contribution is 7.92. The molecule has 10 heteroatoms. The molecule has 0 radical (unpaired) electrons. The number of benzene rings is 2. The van der Waals surface area contributed by atoms with Crippen molar-refractivity contribution >= 4 is 38.7 Å². The summed E-state index contributed by atoms with van der Waals surface area (Å²) >= 11 is 5.87. The second kappa shape index (κ2) is 9.77. The highest BCUT2D eigenvalue weighted by atomic mass is 32.2. The predicted octanol–water partition coefficient (Wildman–Crippen LogP) is 5.05. The van der Waals surface area contributed by atoms with Crippen LogP contribution in [0.25, 0.3) is 5.69 Å². The maximum absolute atomic E-state index is 11.8. The fraction of sp³-hybridized carbons (Fsp3) is 0.214. The van der Waals surface area contributed by atoms with E-state index in [-0.39, 0.29) is 17.8 Å². The third kappa shape index (κ3) is 4.84. The van der Waals surface area contributed by atoms with E-state index in [2.05, 4.69) is 44.4 Å². The van der Waals surface area contributed by atoms with E-state index in [0.29, 0.717) is 10.8 Å². The maximum Gasteiger partial charge on any atom is 0.229 e. The molecule has 1 saturated heterocycles. The van der Waals surface area contributed by atoms with E-state index in [1.54, 1.807) is 24.4 Å². The molecule has 3 heterocycles. The summed E-state index contributed by atoms with van der Waals surface area (Å²) in [6, 6.07) is 20.3. The Labute approximate surface area is 228 Å². The maximum atomic E-state index is 11.8. The average Bonchev–Trinajstić information content (AvgIpc) is 3.36. The topological polar surface area (TPSA) is 99.5 Å². The van der Waals surface area contributed by atoms with Crippen LogP contribution in [0.2, 0.25) is 0 Å². The first-order valence-corrected chi connectivity index (χ1v) is 14.4. The summed E-state index contributed by atoms with van der Waals surface area (Å²) in [5.74, 6) is 0.215. The fourth-order valence-corrected chi connectivity index (χ4v) is 6.12. The summed E-state index contributed by atoms with van der Waals surface area (Å²) in [5.41, 5.74) is 7.14. The molecule has 0 bridgehead atoms. The van der Waals surface area contributed by atoms with Gasteiger partial charge in [0.2, 0.25) is 10.0 Å². The van der Waals surface area contributed by atoms with Crippen LogP contribution in [0.1, 0.15) is 40.3 Å². The number of nitrogens with zero attached hydrogens (tertiary/aromatic N) is 3. The third-order valence-corrected chi connectivity index (χ3v) is 7.68. The first kappa shape index (κ1) is 25.7. The molecule has 196 valence electrons. The van der Waals surface area contributed by atoms with Crippen LogP contribution in [-0.4, -0.2) is 34.4 Å². The summed E-state index contributed by atoms with van der Waals surface area (Å²) in [5, 5.41) is 13.8. The van der Waals surface area contributed by atoms with Gasteiger partial charge in [0.05, 0.1) is 29.7 Å². The molecule has 38 heavy (non-hydrogen) atoms. The van der Waals surface area contributed by atoms with Crippen molar-refractivity contribution in [2.45, 2.75) is 32.9 Å². The quantitative estimate of drug-likeness (QED) is 0.291. The number of aryl methyl sites for hydroxylation is 2. The monoisotopic (exact) mass is 547 g/mol. The normalized spacial score (nSPS) is 17.5. The molecule has 1 fully saturated rings. The van der Waals surface area contributed by atoms with Crippen LogP contribution >= 0.6 is 12.2 Å². The van der Waals surface area contributed by atoms with Gasteiger partial charge in [0, 0.05) is 29.0 Å². The largest absolute Gasteiger partial charge is 0.508 e. The van der Waals surface area contributed by atoms with Gasteiger partial charge < -0.3 is 19.9 Å².